The zero-order valence-electron chi connectivity index (χ0n) is 9.96. The average molecular weight is 256 g/mol. The van der Waals surface area contributed by atoms with Gasteiger partial charge in [0.2, 0.25) is 0 Å². The Morgan fingerprint density at radius 1 is 1.29 bits per heavy atom. The number of aliphatic hydroxyl groups excluding tert-OH is 1. The first-order valence-corrected chi connectivity index (χ1v) is 6.34. The molecule has 1 aliphatic heterocycles. The molecule has 17 heavy (non-hydrogen) atoms. The summed E-state index contributed by atoms with van der Waals surface area (Å²) in [5, 5.41) is 9.46. The Bertz CT molecular complexity index is 339. The van der Waals surface area contributed by atoms with E-state index in [9.17, 15) is 5.11 Å². The van der Waals surface area contributed by atoms with Crippen LogP contribution in [0, 0.1) is 0 Å². The minimum Gasteiger partial charge on any atom is -0.390 e. The molecule has 0 saturated carbocycles. The Hall–Kier alpha value is -0.840. The Morgan fingerprint density at radius 2 is 2.00 bits per heavy atom. The highest BCUT2D eigenvalue weighted by Gasteiger charge is 2.25. The predicted molar refractivity (Wildman–Crippen MR) is 69.3 cm³/mol. The third kappa shape index (κ3) is 3.09. The molecule has 1 aromatic heterocycles. The van der Waals surface area contributed by atoms with E-state index in [-0.39, 0.29) is 5.50 Å². The summed E-state index contributed by atoms with van der Waals surface area (Å²) in [6, 6.07) is 5.93. The molecule has 2 atom stereocenters. The molecule has 0 radical (unpaired) electrons. The van der Waals surface area contributed by atoms with Crippen molar-refractivity contribution in [3.05, 3.63) is 24.4 Å². The summed E-state index contributed by atoms with van der Waals surface area (Å²) < 4.78 is 0. The largest absolute Gasteiger partial charge is 0.390 e. The number of halogens is 1. The highest BCUT2D eigenvalue weighted by Crippen LogP contribution is 2.16. The van der Waals surface area contributed by atoms with Crippen molar-refractivity contribution in [3.8, 4) is 0 Å². The molecule has 2 unspecified atom stereocenters. The lowest BCUT2D eigenvalue weighted by Gasteiger charge is -2.38. The van der Waals surface area contributed by atoms with Gasteiger partial charge in [0.1, 0.15) is 11.3 Å². The summed E-state index contributed by atoms with van der Waals surface area (Å²) in [4.78, 5) is 8.67. The van der Waals surface area contributed by atoms with Gasteiger partial charge in [0, 0.05) is 32.4 Å². The highest BCUT2D eigenvalue weighted by molar-refractivity contribution is 6.20. The number of hydrogen-bond donors (Lipinski definition) is 1. The minimum absolute atomic E-state index is 0.291. The van der Waals surface area contributed by atoms with E-state index >= 15 is 0 Å². The van der Waals surface area contributed by atoms with Gasteiger partial charge >= 0.3 is 0 Å². The number of anilines is 1. The molecule has 1 fully saturated rings. The smallest absolute Gasteiger partial charge is 0.128 e. The topological polar surface area (TPSA) is 39.6 Å². The van der Waals surface area contributed by atoms with Crippen molar-refractivity contribution in [2.45, 2.75) is 18.5 Å². The minimum atomic E-state index is -0.502. The summed E-state index contributed by atoms with van der Waals surface area (Å²) in [5.74, 6) is 1.01. The zero-order chi connectivity index (χ0) is 12.3. The fourth-order valence-electron chi connectivity index (χ4n) is 2.04. The average Bonchev–Trinajstić information content (AvgIpc) is 2.39. The Kier molecular flexibility index (Phi) is 4.20. The molecule has 0 amide bonds. The fourth-order valence-corrected chi connectivity index (χ4v) is 2.24. The SMILES string of the molecule is CC(O)C(Cl)N1CCN(c2ccccn2)CC1. The van der Waals surface area contributed by atoms with Gasteiger partial charge in [-0.2, -0.15) is 0 Å². The summed E-state index contributed by atoms with van der Waals surface area (Å²) in [7, 11) is 0. The van der Waals surface area contributed by atoms with Gasteiger partial charge in [0.25, 0.3) is 0 Å². The van der Waals surface area contributed by atoms with Crippen molar-refractivity contribution >= 4 is 17.4 Å². The summed E-state index contributed by atoms with van der Waals surface area (Å²) in [6.07, 6.45) is 1.31. The van der Waals surface area contributed by atoms with Crippen molar-refractivity contribution in [3.63, 3.8) is 0 Å². The van der Waals surface area contributed by atoms with Gasteiger partial charge in [-0.25, -0.2) is 4.98 Å². The predicted octanol–water partition coefficient (Wildman–Crippen LogP) is 1.15. The number of nitrogens with zero attached hydrogens (tertiary/aromatic N) is 3. The lowest BCUT2D eigenvalue weighted by Crippen LogP contribution is -2.51. The van der Waals surface area contributed by atoms with E-state index in [1.165, 1.54) is 0 Å². The number of aliphatic hydroxyl groups is 1. The third-order valence-corrected chi connectivity index (χ3v) is 3.68. The number of pyridine rings is 1. The van der Waals surface area contributed by atoms with E-state index in [2.05, 4.69) is 14.8 Å². The van der Waals surface area contributed by atoms with Gasteiger partial charge in [-0.15, -0.1) is 11.6 Å². The molecule has 0 spiro atoms. The van der Waals surface area contributed by atoms with Crippen molar-refractivity contribution in [1.29, 1.82) is 0 Å². The van der Waals surface area contributed by atoms with Crippen LogP contribution in [-0.4, -0.2) is 52.8 Å². The molecule has 94 valence electrons. The molecule has 5 heteroatoms. The van der Waals surface area contributed by atoms with Crippen LogP contribution in [0.25, 0.3) is 0 Å². The second kappa shape index (κ2) is 5.67. The lowest BCUT2D eigenvalue weighted by atomic mass is 10.2. The van der Waals surface area contributed by atoms with Crippen molar-refractivity contribution in [2.75, 3.05) is 31.1 Å². The van der Waals surface area contributed by atoms with Gasteiger partial charge < -0.3 is 10.0 Å². The normalized spacial score (nSPS) is 21.2. The van der Waals surface area contributed by atoms with Gasteiger partial charge in [0.05, 0.1) is 6.10 Å². The maximum Gasteiger partial charge on any atom is 0.128 e. The summed E-state index contributed by atoms with van der Waals surface area (Å²) in [5.41, 5.74) is -0.291. The van der Waals surface area contributed by atoms with E-state index in [4.69, 9.17) is 11.6 Å². The second-order valence-corrected chi connectivity index (χ2v) is 4.77. The van der Waals surface area contributed by atoms with Gasteiger partial charge in [0.15, 0.2) is 0 Å². The highest BCUT2D eigenvalue weighted by atomic mass is 35.5. The molecule has 1 aromatic rings. The van der Waals surface area contributed by atoms with E-state index in [1.807, 2.05) is 24.4 Å². The van der Waals surface area contributed by atoms with Crippen LogP contribution < -0.4 is 4.90 Å². The van der Waals surface area contributed by atoms with E-state index in [0.717, 1.165) is 32.0 Å². The first-order chi connectivity index (χ1) is 8.18. The van der Waals surface area contributed by atoms with Crippen molar-refractivity contribution < 1.29 is 5.11 Å². The molecular formula is C12H18ClN3O. The van der Waals surface area contributed by atoms with Crippen molar-refractivity contribution in [2.24, 2.45) is 0 Å². The number of aromatic nitrogens is 1. The molecule has 2 heterocycles. The van der Waals surface area contributed by atoms with Crippen LogP contribution in [0.5, 0.6) is 0 Å². The monoisotopic (exact) mass is 255 g/mol. The number of piperazine rings is 1. The molecule has 0 aromatic carbocycles. The molecular weight excluding hydrogens is 238 g/mol. The molecule has 0 aliphatic carbocycles. The first kappa shape index (κ1) is 12.6. The Morgan fingerprint density at radius 3 is 2.53 bits per heavy atom. The van der Waals surface area contributed by atoms with E-state index < -0.39 is 6.10 Å². The van der Waals surface area contributed by atoms with Crippen LogP contribution in [0.2, 0.25) is 0 Å². The third-order valence-electron chi connectivity index (χ3n) is 3.03. The standard InChI is InChI=1S/C12H18ClN3O/c1-10(17)12(13)16-8-6-15(7-9-16)11-4-2-3-5-14-11/h2-5,10,12,17H,6-9H2,1H3. The molecule has 1 N–H and O–H groups in total. The van der Waals surface area contributed by atoms with E-state index in [0.29, 0.717) is 0 Å². The van der Waals surface area contributed by atoms with Crippen LogP contribution in [0.1, 0.15) is 6.92 Å². The van der Waals surface area contributed by atoms with Gasteiger partial charge in [-0.1, -0.05) is 6.07 Å². The molecule has 1 aliphatic rings. The maximum atomic E-state index is 9.46. The van der Waals surface area contributed by atoms with Gasteiger partial charge in [-0.05, 0) is 19.1 Å². The maximum absolute atomic E-state index is 9.46. The van der Waals surface area contributed by atoms with E-state index in [1.54, 1.807) is 6.92 Å². The Labute approximate surface area is 107 Å². The quantitative estimate of drug-likeness (QED) is 0.650. The molecule has 4 nitrogen and oxygen atoms in total. The number of hydrogen-bond acceptors (Lipinski definition) is 4. The molecule has 2 rings (SSSR count). The first-order valence-electron chi connectivity index (χ1n) is 5.90. The van der Waals surface area contributed by atoms with Gasteiger partial charge in [-0.3, -0.25) is 4.90 Å². The van der Waals surface area contributed by atoms with Crippen LogP contribution >= 0.6 is 11.6 Å². The van der Waals surface area contributed by atoms with Crippen LogP contribution in [0.4, 0.5) is 5.82 Å². The molecule has 1 saturated heterocycles. The van der Waals surface area contributed by atoms with Crippen molar-refractivity contribution in [1.82, 2.24) is 9.88 Å². The summed E-state index contributed by atoms with van der Waals surface area (Å²) in [6.45, 7) is 5.23. The fraction of sp³-hybridized carbons (Fsp3) is 0.583. The number of rotatable bonds is 3. The van der Waals surface area contributed by atoms with Crippen LogP contribution in [0.3, 0.4) is 0 Å². The Balaban J connectivity index is 1.90. The van der Waals surface area contributed by atoms with Crippen LogP contribution in [0.15, 0.2) is 24.4 Å². The van der Waals surface area contributed by atoms with Crippen LogP contribution in [-0.2, 0) is 0 Å². The summed E-state index contributed by atoms with van der Waals surface area (Å²) >= 11 is 6.13. The molecule has 0 bridgehead atoms. The number of alkyl halides is 1. The lowest BCUT2D eigenvalue weighted by molar-refractivity contribution is 0.0998. The second-order valence-electron chi connectivity index (χ2n) is 4.32. The zero-order valence-corrected chi connectivity index (χ0v) is 10.7.